The SMILES string of the molecule is CC(C)N1CCOC(CN(CCCN)C2CC2)C1. The lowest BCUT2D eigenvalue weighted by Gasteiger charge is -2.37. The molecule has 1 aliphatic heterocycles. The molecule has 0 bridgehead atoms. The highest BCUT2D eigenvalue weighted by Gasteiger charge is 2.32. The number of ether oxygens (including phenoxy) is 1. The molecule has 0 spiro atoms. The van der Waals surface area contributed by atoms with Gasteiger partial charge in [0.15, 0.2) is 0 Å². The molecular formula is C14H29N3O. The molecule has 106 valence electrons. The minimum atomic E-state index is 0.388. The lowest BCUT2D eigenvalue weighted by molar-refractivity contribution is -0.0531. The summed E-state index contributed by atoms with van der Waals surface area (Å²) in [6, 6.07) is 1.45. The van der Waals surface area contributed by atoms with Crippen LogP contribution in [0.15, 0.2) is 0 Å². The van der Waals surface area contributed by atoms with Crippen molar-refractivity contribution >= 4 is 0 Å². The van der Waals surface area contributed by atoms with Crippen molar-refractivity contribution in [1.82, 2.24) is 9.80 Å². The quantitative estimate of drug-likeness (QED) is 0.734. The first-order valence-electron chi connectivity index (χ1n) is 7.50. The smallest absolute Gasteiger partial charge is 0.0829 e. The van der Waals surface area contributed by atoms with Crippen LogP contribution in [0.5, 0.6) is 0 Å². The topological polar surface area (TPSA) is 41.7 Å². The molecule has 1 saturated heterocycles. The van der Waals surface area contributed by atoms with Crippen molar-refractivity contribution in [3.05, 3.63) is 0 Å². The summed E-state index contributed by atoms with van der Waals surface area (Å²) in [5.41, 5.74) is 5.63. The molecule has 2 aliphatic rings. The van der Waals surface area contributed by atoms with Crippen molar-refractivity contribution in [2.75, 3.05) is 39.3 Å². The third-order valence-electron chi connectivity index (χ3n) is 4.05. The molecular weight excluding hydrogens is 226 g/mol. The molecule has 1 aliphatic carbocycles. The van der Waals surface area contributed by atoms with Crippen molar-refractivity contribution in [2.24, 2.45) is 5.73 Å². The average molecular weight is 255 g/mol. The molecule has 18 heavy (non-hydrogen) atoms. The van der Waals surface area contributed by atoms with Crippen LogP contribution < -0.4 is 5.73 Å². The third kappa shape index (κ3) is 4.19. The van der Waals surface area contributed by atoms with Gasteiger partial charge in [0.05, 0.1) is 12.7 Å². The lowest BCUT2D eigenvalue weighted by atomic mass is 10.2. The standard InChI is InChI=1S/C14H29N3O/c1-12(2)16-8-9-18-14(10-16)11-17(7-3-6-15)13-4-5-13/h12-14H,3-11,15H2,1-2H3. The maximum Gasteiger partial charge on any atom is 0.0829 e. The predicted molar refractivity (Wildman–Crippen MR) is 74.7 cm³/mol. The van der Waals surface area contributed by atoms with E-state index in [-0.39, 0.29) is 0 Å². The molecule has 0 aromatic heterocycles. The Morgan fingerprint density at radius 3 is 2.78 bits per heavy atom. The van der Waals surface area contributed by atoms with E-state index in [4.69, 9.17) is 10.5 Å². The van der Waals surface area contributed by atoms with Gasteiger partial charge in [0.25, 0.3) is 0 Å². The Hall–Kier alpha value is -0.160. The van der Waals surface area contributed by atoms with Crippen molar-refractivity contribution in [3.63, 3.8) is 0 Å². The first-order chi connectivity index (χ1) is 8.70. The van der Waals surface area contributed by atoms with Crippen LogP contribution in [0.25, 0.3) is 0 Å². The zero-order valence-corrected chi connectivity index (χ0v) is 12.0. The van der Waals surface area contributed by atoms with Crippen LogP contribution in [0.2, 0.25) is 0 Å². The van der Waals surface area contributed by atoms with Gasteiger partial charge >= 0.3 is 0 Å². The Bertz CT molecular complexity index is 243. The van der Waals surface area contributed by atoms with E-state index in [0.717, 1.165) is 51.8 Å². The summed E-state index contributed by atoms with van der Waals surface area (Å²) in [5, 5.41) is 0. The molecule has 1 saturated carbocycles. The van der Waals surface area contributed by atoms with E-state index in [1.807, 2.05) is 0 Å². The lowest BCUT2D eigenvalue weighted by Crippen LogP contribution is -2.50. The zero-order valence-electron chi connectivity index (χ0n) is 12.0. The first-order valence-corrected chi connectivity index (χ1v) is 7.50. The normalized spacial score (nSPS) is 26.2. The summed E-state index contributed by atoms with van der Waals surface area (Å²) >= 11 is 0. The van der Waals surface area contributed by atoms with Gasteiger partial charge in [-0.2, -0.15) is 0 Å². The summed E-state index contributed by atoms with van der Waals surface area (Å²) in [5.74, 6) is 0. The Morgan fingerprint density at radius 2 is 2.17 bits per heavy atom. The molecule has 1 unspecified atom stereocenters. The van der Waals surface area contributed by atoms with E-state index in [1.165, 1.54) is 12.8 Å². The molecule has 2 rings (SSSR count). The number of morpholine rings is 1. The van der Waals surface area contributed by atoms with E-state index in [2.05, 4.69) is 23.6 Å². The predicted octanol–water partition coefficient (Wildman–Crippen LogP) is 0.909. The molecule has 2 fully saturated rings. The second-order valence-corrected chi connectivity index (χ2v) is 5.95. The van der Waals surface area contributed by atoms with Gasteiger partial charge in [-0.25, -0.2) is 0 Å². The fraction of sp³-hybridized carbons (Fsp3) is 1.00. The highest BCUT2D eigenvalue weighted by molar-refractivity contribution is 4.87. The van der Waals surface area contributed by atoms with Crippen molar-refractivity contribution < 1.29 is 4.74 Å². The molecule has 4 heteroatoms. The van der Waals surface area contributed by atoms with Gasteiger partial charge in [-0.1, -0.05) is 0 Å². The highest BCUT2D eigenvalue weighted by atomic mass is 16.5. The molecule has 0 amide bonds. The molecule has 0 radical (unpaired) electrons. The summed E-state index contributed by atoms with van der Waals surface area (Å²) in [6.07, 6.45) is 4.23. The van der Waals surface area contributed by atoms with Crippen molar-refractivity contribution in [2.45, 2.75) is 51.3 Å². The van der Waals surface area contributed by atoms with Gasteiger partial charge in [-0.3, -0.25) is 9.80 Å². The second-order valence-electron chi connectivity index (χ2n) is 5.95. The molecule has 1 heterocycles. The fourth-order valence-corrected chi connectivity index (χ4v) is 2.74. The van der Waals surface area contributed by atoms with E-state index < -0.39 is 0 Å². The molecule has 2 N–H and O–H groups in total. The Balaban J connectivity index is 1.78. The number of hydrogen-bond acceptors (Lipinski definition) is 4. The van der Waals surface area contributed by atoms with E-state index in [9.17, 15) is 0 Å². The van der Waals surface area contributed by atoms with Crippen LogP contribution in [0.1, 0.15) is 33.1 Å². The van der Waals surface area contributed by atoms with E-state index >= 15 is 0 Å². The monoisotopic (exact) mass is 255 g/mol. The van der Waals surface area contributed by atoms with E-state index in [0.29, 0.717) is 12.1 Å². The minimum absolute atomic E-state index is 0.388. The van der Waals surface area contributed by atoms with Crippen molar-refractivity contribution in [1.29, 1.82) is 0 Å². The van der Waals surface area contributed by atoms with E-state index in [1.54, 1.807) is 0 Å². The summed E-state index contributed by atoms with van der Waals surface area (Å²) in [6.45, 7) is 10.6. The maximum atomic E-state index is 5.93. The summed E-state index contributed by atoms with van der Waals surface area (Å²) in [4.78, 5) is 5.13. The second kappa shape index (κ2) is 6.85. The van der Waals surface area contributed by atoms with Gasteiger partial charge in [-0.05, 0) is 46.2 Å². The summed E-state index contributed by atoms with van der Waals surface area (Å²) in [7, 11) is 0. The van der Waals surface area contributed by atoms with Crippen LogP contribution >= 0.6 is 0 Å². The number of hydrogen-bond donors (Lipinski definition) is 1. The summed E-state index contributed by atoms with van der Waals surface area (Å²) < 4.78 is 5.93. The third-order valence-corrected chi connectivity index (χ3v) is 4.05. The molecule has 0 aromatic carbocycles. The van der Waals surface area contributed by atoms with Crippen LogP contribution in [0.3, 0.4) is 0 Å². The number of nitrogens with zero attached hydrogens (tertiary/aromatic N) is 2. The zero-order chi connectivity index (χ0) is 13.0. The van der Waals surface area contributed by atoms with Crippen LogP contribution in [0, 0.1) is 0 Å². The van der Waals surface area contributed by atoms with Crippen LogP contribution in [0.4, 0.5) is 0 Å². The Morgan fingerprint density at radius 1 is 1.39 bits per heavy atom. The van der Waals surface area contributed by atoms with Gasteiger partial charge in [0.2, 0.25) is 0 Å². The average Bonchev–Trinajstić information content (AvgIpc) is 3.19. The highest BCUT2D eigenvalue weighted by Crippen LogP contribution is 2.27. The Labute approximate surface area is 111 Å². The van der Waals surface area contributed by atoms with Gasteiger partial charge in [0, 0.05) is 31.7 Å². The molecule has 1 atom stereocenters. The first kappa shape index (κ1) is 14.3. The molecule has 4 nitrogen and oxygen atoms in total. The van der Waals surface area contributed by atoms with Gasteiger partial charge < -0.3 is 10.5 Å². The fourth-order valence-electron chi connectivity index (χ4n) is 2.74. The number of nitrogens with two attached hydrogens (primary N) is 1. The number of rotatable bonds is 7. The van der Waals surface area contributed by atoms with Crippen molar-refractivity contribution in [3.8, 4) is 0 Å². The van der Waals surface area contributed by atoms with Gasteiger partial charge in [0.1, 0.15) is 0 Å². The van der Waals surface area contributed by atoms with Crippen LogP contribution in [-0.4, -0.2) is 67.3 Å². The largest absolute Gasteiger partial charge is 0.374 e. The molecule has 0 aromatic rings. The van der Waals surface area contributed by atoms with Crippen LogP contribution in [-0.2, 0) is 4.74 Å². The maximum absolute atomic E-state index is 5.93. The minimum Gasteiger partial charge on any atom is -0.374 e. The Kier molecular flexibility index (Phi) is 5.42. The van der Waals surface area contributed by atoms with Gasteiger partial charge in [-0.15, -0.1) is 0 Å².